The Balaban J connectivity index is 1.51. The van der Waals surface area contributed by atoms with Crippen LogP contribution in [0, 0.1) is 6.92 Å². The highest BCUT2D eigenvalue weighted by Gasteiger charge is 2.48. The number of carbonyl (C=O) groups is 2. The lowest BCUT2D eigenvalue weighted by Crippen LogP contribution is -2.29. The predicted octanol–water partition coefficient (Wildman–Crippen LogP) is 7.73. The molecule has 2 heterocycles. The first-order chi connectivity index (χ1) is 21.4. The summed E-state index contributed by atoms with van der Waals surface area (Å²) in [6.45, 7) is 7.12. The number of benzene rings is 3. The van der Waals surface area contributed by atoms with Crippen molar-refractivity contribution in [3.8, 4) is 11.5 Å². The second-order valence-corrected chi connectivity index (χ2v) is 12.6. The number of Topliss-reactive ketones (excluding diaryl/α,β-unsaturated/α-hetero) is 1. The van der Waals surface area contributed by atoms with Gasteiger partial charge in [0.15, 0.2) is 4.34 Å². The van der Waals surface area contributed by atoms with Crippen LogP contribution in [0.1, 0.15) is 61.4 Å². The minimum absolute atomic E-state index is 0.0219. The van der Waals surface area contributed by atoms with Crippen LogP contribution in [0.3, 0.4) is 0 Å². The molecule has 1 aromatic heterocycles. The molecule has 1 amide bonds. The zero-order valence-electron chi connectivity index (χ0n) is 25.0. The largest absolute Gasteiger partial charge is 0.507 e. The van der Waals surface area contributed by atoms with Crippen molar-refractivity contribution in [1.82, 2.24) is 10.2 Å². The molecule has 0 bridgehead atoms. The van der Waals surface area contributed by atoms with Crippen molar-refractivity contribution in [2.75, 3.05) is 18.1 Å². The maximum atomic E-state index is 13.6. The van der Waals surface area contributed by atoms with Gasteiger partial charge in [0, 0.05) is 11.3 Å². The number of anilines is 1. The summed E-state index contributed by atoms with van der Waals surface area (Å²) in [6, 6.07) is 21.4. The molecule has 1 N–H and O–H groups in total. The Morgan fingerprint density at radius 2 is 1.73 bits per heavy atom. The molecule has 1 atom stereocenters. The first kappa shape index (κ1) is 31.3. The molecular formula is C34H35N3O5S2. The van der Waals surface area contributed by atoms with Gasteiger partial charge in [0.1, 0.15) is 17.3 Å². The number of ketones is 1. The molecule has 1 unspecified atom stereocenters. The van der Waals surface area contributed by atoms with Gasteiger partial charge < -0.3 is 14.6 Å². The van der Waals surface area contributed by atoms with E-state index in [2.05, 4.69) is 41.4 Å². The van der Waals surface area contributed by atoms with Gasteiger partial charge >= 0.3 is 5.91 Å². The molecule has 10 heteroatoms. The highest BCUT2D eigenvalue weighted by Crippen LogP contribution is 2.44. The van der Waals surface area contributed by atoms with E-state index in [-0.39, 0.29) is 16.5 Å². The summed E-state index contributed by atoms with van der Waals surface area (Å²) in [6.07, 6.45) is 3.06. The quantitative estimate of drug-likeness (QED) is 0.0400. The van der Waals surface area contributed by atoms with E-state index >= 15 is 0 Å². The first-order valence-corrected chi connectivity index (χ1v) is 16.5. The third-order valence-electron chi connectivity index (χ3n) is 7.16. The highest BCUT2D eigenvalue weighted by molar-refractivity contribution is 8.00. The van der Waals surface area contributed by atoms with Crippen LogP contribution >= 0.6 is 23.1 Å². The fourth-order valence-corrected chi connectivity index (χ4v) is 6.70. The van der Waals surface area contributed by atoms with Crippen LogP contribution in [0.4, 0.5) is 5.13 Å². The lowest BCUT2D eigenvalue weighted by Gasteiger charge is -2.23. The molecule has 3 aromatic carbocycles. The molecule has 1 aliphatic rings. The second kappa shape index (κ2) is 14.5. The number of hydrogen-bond acceptors (Lipinski definition) is 9. The number of rotatable bonds is 13. The van der Waals surface area contributed by atoms with Crippen LogP contribution in [0.25, 0.3) is 5.76 Å². The number of nitrogens with zero attached hydrogens (tertiary/aromatic N) is 3. The van der Waals surface area contributed by atoms with Crippen LogP contribution < -0.4 is 14.4 Å². The van der Waals surface area contributed by atoms with E-state index < -0.39 is 17.7 Å². The van der Waals surface area contributed by atoms with E-state index in [4.69, 9.17) is 9.47 Å². The van der Waals surface area contributed by atoms with Crippen LogP contribution in [-0.4, -0.2) is 40.2 Å². The Morgan fingerprint density at radius 3 is 2.45 bits per heavy atom. The monoisotopic (exact) mass is 629 g/mol. The summed E-state index contributed by atoms with van der Waals surface area (Å²) in [7, 11) is 0. The fraction of sp³-hybridized carbons (Fsp3) is 0.294. The summed E-state index contributed by atoms with van der Waals surface area (Å²) >= 11 is 2.75. The molecule has 8 nitrogen and oxygen atoms in total. The molecule has 1 saturated heterocycles. The molecule has 0 saturated carbocycles. The molecule has 1 fully saturated rings. The van der Waals surface area contributed by atoms with Crippen molar-refractivity contribution in [3.05, 3.63) is 101 Å². The van der Waals surface area contributed by atoms with Gasteiger partial charge in [-0.1, -0.05) is 84.8 Å². The van der Waals surface area contributed by atoms with Gasteiger partial charge in [-0.2, -0.15) is 0 Å². The van der Waals surface area contributed by atoms with Crippen molar-refractivity contribution in [2.45, 2.75) is 56.2 Å². The molecule has 4 aromatic rings. The van der Waals surface area contributed by atoms with Crippen molar-refractivity contribution < 1.29 is 24.2 Å². The number of thioether (sulfide) groups is 1. The lowest BCUT2D eigenvalue weighted by atomic mass is 9.95. The summed E-state index contributed by atoms with van der Waals surface area (Å²) in [5.41, 5.74) is 3.33. The van der Waals surface area contributed by atoms with Crippen LogP contribution in [0.2, 0.25) is 0 Å². The van der Waals surface area contributed by atoms with E-state index in [0.717, 1.165) is 24.8 Å². The molecule has 228 valence electrons. The van der Waals surface area contributed by atoms with Crippen LogP contribution in [-0.2, 0) is 15.3 Å². The number of hydrogen-bond donors (Lipinski definition) is 1. The van der Waals surface area contributed by atoms with Crippen molar-refractivity contribution >= 4 is 45.7 Å². The number of unbranched alkanes of at least 4 members (excludes halogenated alkanes) is 2. The maximum absolute atomic E-state index is 13.6. The lowest BCUT2D eigenvalue weighted by molar-refractivity contribution is -0.132. The first-order valence-electron chi connectivity index (χ1n) is 14.7. The molecule has 0 aliphatic carbocycles. The van der Waals surface area contributed by atoms with Gasteiger partial charge in [-0.25, -0.2) is 0 Å². The van der Waals surface area contributed by atoms with E-state index in [9.17, 15) is 14.7 Å². The number of aryl methyl sites for hydroxylation is 1. The molecule has 5 rings (SSSR count). The SMILES string of the molecule is CCCCCOc1cccc(C2/C(=C(\O)c3ccc(OCC)cc3)C(=O)C(=O)N2c2nnc(SCc3ccc(C)cc3)s2)c1. The minimum atomic E-state index is -0.927. The van der Waals surface area contributed by atoms with Crippen molar-refractivity contribution in [3.63, 3.8) is 0 Å². The number of ether oxygens (including phenoxy) is 2. The Hall–Kier alpha value is -4.15. The van der Waals surface area contributed by atoms with Crippen LogP contribution in [0.15, 0.2) is 82.7 Å². The number of aromatic nitrogens is 2. The van der Waals surface area contributed by atoms with E-state index in [1.54, 1.807) is 24.3 Å². The van der Waals surface area contributed by atoms with Gasteiger partial charge in [-0.15, -0.1) is 10.2 Å². The summed E-state index contributed by atoms with van der Waals surface area (Å²) in [4.78, 5) is 28.6. The molecular weight excluding hydrogens is 595 g/mol. The Labute approximate surface area is 265 Å². The zero-order chi connectivity index (χ0) is 31.1. The Bertz CT molecular complexity index is 1630. The molecule has 0 spiro atoms. The number of carbonyl (C=O) groups excluding carboxylic acids is 2. The van der Waals surface area contributed by atoms with Crippen molar-refractivity contribution in [2.24, 2.45) is 0 Å². The van der Waals surface area contributed by atoms with E-state index in [0.29, 0.717) is 45.9 Å². The van der Waals surface area contributed by atoms with E-state index in [1.165, 1.54) is 33.6 Å². The third-order valence-corrected chi connectivity index (χ3v) is 9.29. The minimum Gasteiger partial charge on any atom is -0.507 e. The number of amides is 1. The van der Waals surface area contributed by atoms with Gasteiger partial charge in [-0.3, -0.25) is 14.5 Å². The van der Waals surface area contributed by atoms with Crippen molar-refractivity contribution in [1.29, 1.82) is 0 Å². The third kappa shape index (κ3) is 7.14. The summed E-state index contributed by atoms with van der Waals surface area (Å²) in [5.74, 6) is 0.108. The smallest absolute Gasteiger partial charge is 0.301 e. The van der Waals surface area contributed by atoms with Gasteiger partial charge in [0.25, 0.3) is 5.78 Å². The maximum Gasteiger partial charge on any atom is 0.301 e. The number of aliphatic hydroxyl groups is 1. The van der Waals surface area contributed by atoms with Crippen LogP contribution in [0.5, 0.6) is 11.5 Å². The summed E-state index contributed by atoms with van der Waals surface area (Å²) in [5, 5.41) is 20.4. The standard InChI is InChI=1S/C34H35N3O5S2/c1-4-6-7-19-42-27-10-8-9-25(20-27)29-28(30(38)24-15-17-26(18-16-24)41-5-2)31(39)32(40)37(29)33-35-36-34(44-33)43-21-23-13-11-22(3)12-14-23/h8-18,20,29,38H,4-7,19,21H2,1-3H3/b30-28+. The Morgan fingerprint density at radius 1 is 0.955 bits per heavy atom. The average molecular weight is 630 g/mol. The highest BCUT2D eigenvalue weighted by atomic mass is 32.2. The average Bonchev–Trinajstić information content (AvgIpc) is 3.61. The molecule has 44 heavy (non-hydrogen) atoms. The Kier molecular flexibility index (Phi) is 10.3. The topological polar surface area (TPSA) is 102 Å². The molecule has 0 radical (unpaired) electrons. The van der Waals surface area contributed by atoms with Gasteiger partial charge in [0.2, 0.25) is 5.13 Å². The van der Waals surface area contributed by atoms with E-state index in [1.807, 2.05) is 38.1 Å². The molecule has 1 aliphatic heterocycles. The van der Waals surface area contributed by atoms with Gasteiger partial charge in [0.05, 0.1) is 24.8 Å². The zero-order valence-corrected chi connectivity index (χ0v) is 26.6. The fourth-order valence-electron chi connectivity index (χ4n) is 4.88. The normalized spacial score (nSPS) is 16.0. The second-order valence-electron chi connectivity index (χ2n) is 10.4. The van der Waals surface area contributed by atoms with Gasteiger partial charge in [-0.05, 0) is 67.8 Å². The summed E-state index contributed by atoms with van der Waals surface area (Å²) < 4.78 is 12.2. The predicted molar refractivity (Wildman–Crippen MR) is 175 cm³/mol. The number of aliphatic hydroxyl groups excluding tert-OH is 1.